The third kappa shape index (κ3) is 5.61. The molecule has 2 rings (SSSR count). The standard InChI is InChI=1S/C21H21N3O4/c1-3-27-19-11-15(10-16(12-22)21(23)26)8-9-18(19)28-13-20(25)24-17-7-5-4-6-14(17)2/h4-11H,3,13H2,1-2H3,(H2,23,26)(H,24,25)/b16-10-. The minimum atomic E-state index is -0.811. The van der Waals surface area contributed by atoms with Gasteiger partial charge in [0.05, 0.1) is 6.61 Å². The lowest BCUT2D eigenvalue weighted by molar-refractivity contribution is -0.118. The van der Waals surface area contributed by atoms with Crippen LogP contribution < -0.4 is 20.5 Å². The average Bonchev–Trinajstić information content (AvgIpc) is 2.67. The van der Waals surface area contributed by atoms with Crippen molar-refractivity contribution < 1.29 is 19.1 Å². The average molecular weight is 379 g/mol. The van der Waals surface area contributed by atoms with Crippen LogP contribution in [0.2, 0.25) is 0 Å². The van der Waals surface area contributed by atoms with E-state index in [1.807, 2.05) is 31.2 Å². The highest BCUT2D eigenvalue weighted by Gasteiger charge is 2.11. The van der Waals surface area contributed by atoms with Crippen molar-refractivity contribution in [2.24, 2.45) is 5.73 Å². The highest BCUT2D eigenvalue weighted by Crippen LogP contribution is 2.29. The monoisotopic (exact) mass is 379 g/mol. The van der Waals surface area contributed by atoms with Gasteiger partial charge in [-0.25, -0.2) is 0 Å². The number of hydrogen-bond donors (Lipinski definition) is 2. The van der Waals surface area contributed by atoms with E-state index in [0.29, 0.717) is 23.7 Å². The molecule has 0 aliphatic rings. The zero-order valence-electron chi connectivity index (χ0n) is 15.7. The number of nitrogens with zero attached hydrogens (tertiary/aromatic N) is 1. The van der Waals surface area contributed by atoms with Gasteiger partial charge in [0, 0.05) is 5.69 Å². The predicted molar refractivity (Wildman–Crippen MR) is 106 cm³/mol. The lowest BCUT2D eigenvalue weighted by Crippen LogP contribution is -2.20. The van der Waals surface area contributed by atoms with Crippen molar-refractivity contribution in [1.82, 2.24) is 0 Å². The lowest BCUT2D eigenvalue weighted by Gasteiger charge is -2.13. The van der Waals surface area contributed by atoms with E-state index in [2.05, 4.69) is 5.32 Å². The molecule has 0 fully saturated rings. The first kappa shape index (κ1) is 20.5. The number of nitriles is 1. The molecule has 28 heavy (non-hydrogen) atoms. The number of para-hydroxylation sites is 1. The first-order valence-corrected chi connectivity index (χ1v) is 8.61. The van der Waals surface area contributed by atoms with Crippen LogP contribution in [0.1, 0.15) is 18.1 Å². The van der Waals surface area contributed by atoms with Crippen LogP contribution in [0.4, 0.5) is 5.69 Å². The van der Waals surface area contributed by atoms with E-state index in [-0.39, 0.29) is 18.1 Å². The third-order valence-corrected chi connectivity index (χ3v) is 3.74. The fourth-order valence-electron chi connectivity index (χ4n) is 2.37. The summed E-state index contributed by atoms with van der Waals surface area (Å²) >= 11 is 0. The predicted octanol–water partition coefficient (Wildman–Crippen LogP) is 2.80. The van der Waals surface area contributed by atoms with E-state index in [9.17, 15) is 9.59 Å². The molecule has 0 radical (unpaired) electrons. The number of nitrogens with two attached hydrogens (primary N) is 1. The van der Waals surface area contributed by atoms with Gasteiger partial charge < -0.3 is 20.5 Å². The van der Waals surface area contributed by atoms with Gasteiger partial charge in [-0.1, -0.05) is 24.3 Å². The second-order valence-electron chi connectivity index (χ2n) is 5.83. The topological polar surface area (TPSA) is 114 Å². The van der Waals surface area contributed by atoms with Crippen molar-refractivity contribution in [2.45, 2.75) is 13.8 Å². The summed E-state index contributed by atoms with van der Waals surface area (Å²) < 4.78 is 11.1. The Morgan fingerprint density at radius 1 is 1.18 bits per heavy atom. The van der Waals surface area contributed by atoms with Crippen molar-refractivity contribution >= 4 is 23.6 Å². The van der Waals surface area contributed by atoms with Crippen LogP contribution in [-0.4, -0.2) is 25.0 Å². The van der Waals surface area contributed by atoms with Gasteiger partial charge in [-0.2, -0.15) is 5.26 Å². The molecule has 0 bridgehead atoms. The summed E-state index contributed by atoms with van der Waals surface area (Å²) in [6.07, 6.45) is 1.36. The van der Waals surface area contributed by atoms with E-state index in [1.54, 1.807) is 31.2 Å². The van der Waals surface area contributed by atoms with E-state index in [0.717, 1.165) is 11.3 Å². The van der Waals surface area contributed by atoms with E-state index in [1.165, 1.54) is 6.08 Å². The SMILES string of the molecule is CCOc1cc(/C=C(/C#N)C(N)=O)ccc1OCC(=O)Nc1ccccc1C. The number of nitrogens with one attached hydrogen (secondary N) is 1. The summed E-state index contributed by atoms with van der Waals surface area (Å²) in [6.45, 7) is 3.88. The van der Waals surface area contributed by atoms with Crippen molar-refractivity contribution in [2.75, 3.05) is 18.5 Å². The summed E-state index contributed by atoms with van der Waals surface area (Å²) in [5.41, 5.74) is 7.19. The van der Waals surface area contributed by atoms with Crippen LogP contribution in [0.3, 0.4) is 0 Å². The van der Waals surface area contributed by atoms with Crippen molar-refractivity contribution in [3.63, 3.8) is 0 Å². The Kier molecular flexibility index (Phi) is 7.17. The Labute approximate surface area is 163 Å². The first-order chi connectivity index (χ1) is 13.4. The van der Waals surface area contributed by atoms with Crippen LogP contribution in [0.5, 0.6) is 11.5 Å². The van der Waals surface area contributed by atoms with Crippen LogP contribution in [0, 0.1) is 18.3 Å². The summed E-state index contributed by atoms with van der Waals surface area (Å²) in [4.78, 5) is 23.4. The Morgan fingerprint density at radius 2 is 1.93 bits per heavy atom. The number of benzene rings is 2. The fourth-order valence-corrected chi connectivity index (χ4v) is 2.37. The second kappa shape index (κ2) is 9.78. The summed E-state index contributed by atoms with van der Waals surface area (Å²) in [5.74, 6) is -0.354. The van der Waals surface area contributed by atoms with Crippen molar-refractivity contribution in [3.8, 4) is 17.6 Å². The minimum Gasteiger partial charge on any atom is -0.490 e. The summed E-state index contributed by atoms with van der Waals surface area (Å²) in [6, 6.07) is 14.0. The number of carbonyl (C=O) groups excluding carboxylic acids is 2. The molecule has 0 heterocycles. The van der Waals surface area contributed by atoms with Crippen molar-refractivity contribution in [3.05, 3.63) is 59.2 Å². The molecule has 0 aliphatic heterocycles. The molecule has 0 aromatic heterocycles. The minimum absolute atomic E-state index is 0.172. The molecule has 7 heteroatoms. The number of anilines is 1. The molecule has 3 N–H and O–H groups in total. The molecule has 0 saturated heterocycles. The Bertz CT molecular complexity index is 945. The maximum atomic E-state index is 12.2. The number of rotatable bonds is 8. The third-order valence-electron chi connectivity index (χ3n) is 3.74. The maximum absolute atomic E-state index is 12.2. The van der Waals surface area contributed by atoms with Crippen molar-refractivity contribution in [1.29, 1.82) is 5.26 Å². The molecular formula is C21H21N3O4. The van der Waals surface area contributed by atoms with Gasteiger partial charge in [0.15, 0.2) is 18.1 Å². The number of primary amides is 1. The molecular weight excluding hydrogens is 358 g/mol. The molecule has 144 valence electrons. The molecule has 0 spiro atoms. The number of amides is 2. The van der Waals surface area contributed by atoms with Gasteiger partial charge in [-0.15, -0.1) is 0 Å². The van der Waals surface area contributed by atoms with Gasteiger partial charge in [-0.3, -0.25) is 9.59 Å². The zero-order chi connectivity index (χ0) is 20.5. The molecule has 0 saturated carbocycles. The maximum Gasteiger partial charge on any atom is 0.262 e. The molecule has 7 nitrogen and oxygen atoms in total. The number of aryl methyl sites for hydroxylation is 1. The number of hydrogen-bond acceptors (Lipinski definition) is 5. The van der Waals surface area contributed by atoms with Gasteiger partial charge in [-0.05, 0) is 49.2 Å². The summed E-state index contributed by atoms with van der Waals surface area (Å²) in [7, 11) is 0. The lowest BCUT2D eigenvalue weighted by atomic mass is 10.1. The van der Waals surface area contributed by atoms with Gasteiger partial charge in [0.2, 0.25) is 0 Å². The molecule has 0 unspecified atom stereocenters. The molecule has 2 aromatic rings. The molecule has 2 aromatic carbocycles. The Morgan fingerprint density at radius 3 is 2.57 bits per heavy atom. The van der Waals surface area contributed by atoms with Gasteiger partial charge in [0.1, 0.15) is 11.6 Å². The number of ether oxygens (including phenoxy) is 2. The van der Waals surface area contributed by atoms with Gasteiger partial charge in [0.25, 0.3) is 11.8 Å². The Balaban J connectivity index is 2.12. The first-order valence-electron chi connectivity index (χ1n) is 8.61. The smallest absolute Gasteiger partial charge is 0.262 e. The van der Waals surface area contributed by atoms with Crippen LogP contribution >= 0.6 is 0 Å². The van der Waals surface area contributed by atoms with Gasteiger partial charge >= 0.3 is 0 Å². The number of carbonyl (C=O) groups is 2. The quantitative estimate of drug-likeness (QED) is 0.541. The second-order valence-corrected chi connectivity index (χ2v) is 5.83. The Hall–Kier alpha value is -3.79. The van der Waals surface area contributed by atoms with Crippen LogP contribution in [-0.2, 0) is 9.59 Å². The fraction of sp³-hybridized carbons (Fsp3) is 0.190. The molecule has 0 atom stereocenters. The van der Waals surface area contributed by atoms with E-state index in [4.69, 9.17) is 20.5 Å². The van der Waals surface area contributed by atoms with Crippen LogP contribution in [0.15, 0.2) is 48.0 Å². The summed E-state index contributed by atoms with van der Waals surface area (Å²) in [5, 5.41) is 11.7. The zero-order valence-corrected chi connectivity index (χ0v) is 15.7. The largest absolute Gasteiger partial charge is 0.490 e. The molecule has 0 aliphatic carbocycles. The van der Waals surface area contributed by atoms with E-state index < -0.39 is 5.91 Å². The van der Waals surface area contributed by atoms with Crippen LogP contribution in [0.25, 0.3) is 6.08 Å². The molecule has 2 amide bonds. The highest BCUT2D eigenvalue weighted by atomic mass is 16.5. The van der Waals surface area contributed by atoms with E-state index >= 15 is 0 Å². The normalized spacial score (nSPS) is 10.7. The highest BCUT2D eigenvalue weighted by molar-refractivity contribution is 6.00.